The van der Waals surface area contributed by atoms with Gasteiger partial charge in [0, 0.05) is 11.5 Å². The van der Waals surface area contributed by atoms with Crippen molar-refractivity contribution >= 4 is 0 Å². The van der Waals surface area contributed by atoms with Gasteiger partial charge in [0.1, 0.15) is 0 Å². The fourth-order valence-corrected chi connectivity index (χ4v) is 3.56. The van der Waals surface area contributed by atoms with Crippen LogP contribution in [0.2, 0.25) is 0 Å². The van der Waals surface area contributed by atoms with E-state index in [1.54, 1.807) is 0 Å². The molecule has 4 rings (SSSR count). The second kappa shape index (κ2) is 3.64. The quantitative estimate of drug-likeness (QED) is 0.752. The van der Waals surface area contributed by atoms with Crippen LogP contribution in [-0.4, -0.2) is 10.2 Å². The number of aromatic nitrogens is 2. The van der Waals surface area contributed by atoms with Gasteiger partial charge in [-0.2, -0.15) is 10.2 Å². The summed E-state index contributed by atoms with van der Waals surface area (Å²) in [6.07, 6.45) is 3.97. The maximum atomic E-state index is 4.51. The van der Waals surface area contributed by atoms with Gasteiger partial charge in [0.15, 0.2) is 0 Å². The van der Waals surface area contributed by atoms with Crippen LogP contribution in [0, 0.1) is 6.92 Å². The Bertz CT molecular complexity index is 618. The molecule has 2 atom stereocenters. The van der Waals surface area contributed by atoms with Crippen LogP contribution in [0.15, 0.2) is 30.3 Å². The van der Waals surface area contributed by atoms with E-state index in [0.717, 1.165) is 11.6 Å². The van der Waals surface area contributed by atoms with Crippen LogP contribution in [-0.2, 0) is 0 Å². The summed E-state index contributed by atoms with van der Waals surface area (Å²) in [7, 11) is 0. The average molecular weight is 236 g/mol. The van der Waals surface area contributed by atoms with Gasteiger partial charge in [0.25, 0.3) is 0 Å². The molecule has 2 heteroatoms. The molecule has 0 radical (unpaired) electrons. The largest absolute Gasteiger partial charge is 0.154 e. The number of nitrogens with zero attached hydrogens (tertiary/aromatic N) is 2. The van der Waals surface area contributed by atoms with Gasteiger partial charge in [-0.05, 0) is 49.3 Å². The summed E-state index contributed by atoms with van der Waals surface area (Å²) in [6.45, 7) is 2.14. The minimum Gasteiger partial charge on any atom is -0.154 e. The predicted molar refractivity (Wildman–Crippen MR) is 71.5 cm³/mol. The third-order valence-corrected chi connectivity index (χ3v) is 4.53. The van der Waals surface area contributed by atoms with Gasteiger partial charge in [-0.15, -0.1) is 0 Å². The standard InChI is InChI=1S/C16H16N2/c1-10-4-2-3-5-13(10)15-9-14-11-6-7-12(8-11)16(14)18-17-15/h2-5,9,11-12H,6-8H2,1H3/t11-,12-/m0/s1. The third-order valence-electron chi connectivity index (χ3n) is 4.53. The van der Waals surface area contributed by atoms with Crippen LogP contribution in [0.25, 0.3) is 11.3 Å². The summed E-state index contributed by atoms with van der Waals surface area (Å²) in [5.41, 5.74) is 6.29. The lowest BCUT2D eigenvalue weighted by Crippen LogP contribution is -2.04. The first-order valence-electron chi connectivity index (χ1n) is 6.76. The highest BCUT2D eigenvalue weighted by Crippen LogP contribution is 2.52. The SMILES string of the molecule is Cc1ccccc1-c1cc2c(nn1)[C@H]1CC[C@H]2C1. The van der Waals surface area contributed by atoms with Crippen molar-refractivity contribution in [1.29, 1.82) is 0 Å². The Kier molecular flexibility index (Phi) is 2.07. The summed E-state index contributed by atoms with van der Waals surface area (Å²) in [5.74, 6) is 1.45. The van der Waals surface area contributed by atoms with Crippen molar-refractivity contribution in [2.24, 2.45) is 0 Å². The van der Waals surface area contributed by atoms with Crippen LogP contribution in [0.4, 0.5) is 0 Å². The Morgan fingerprint density at radius 2 is 1.89 bits per heavy atom. The molecule has 2 bridgehead atoms. The molecule has 1 aromatic heterocycles. The predicted octanol–water partition coefficient (Wildman–Crippen LogP) is 3.82. The second-order valence-corrected chi connectivity index (χ2v) is 5.59. The zero-order valence-corrected chi connectivity index (χ0v) is 10.6. The molecule has 0 unspecified atom stereocenters. The highest BCUT2D eigenvalue weighted by Gasteiger charge is 2.38. The first-order valence-corrected chi connectivity index (χ1v) is 6.76. The number of hydrogen-bond donors (Lipinski definition) is 0. The first kappa shape index (κ1) is 10.2. The van der Waals surface area contributed by atoms with Gasteiger partial charge in [0.2, 0.25) is 0 Å². The van der Waals surface area contributed by atoms with E-state index in [9.17, 15) is 0 Å². The van der Waals surface area contributed by atoms with Crippen LogP contribution < -0.4 is 0 Å². The van der Waals surface area contributed by atoms with E-state index in [1.807, 2.05) is 0 Å². The summed E-state index contributed by atoms with van der Waals surface area (Å²) < 4.78 is 0. The number of aryl methyl sites for hydroxylation is 1. The molecule has 18 heavy (non-hydrogen) atoms. The highest BCUT2D eigenvalue weighted by molar-refractivity contribution is 5.64. The van der Waals surface area contributed by atoms with E-state index in [1.165, 1.54) is 41.6 Å². The monoisotopic (exact) mass is 236 g/mol. The van der Waals surface area contributed by atoms with E-state index in [4.69, 9.17) is 0 Å². The molecule has 2 nitrogen and oxygen atoms in total. The van der Waals surface area contributed by atoms with Gasteiger partial charge in [-0.3, -0.25) is 0 Å². The number of benzene rings is 1. The Morgan fingerprint density at radius 1 is 1.06 bits per heavy atom. The topological polar surface area (TPSA) is 25.8 Å². The smallest absolute Gasteiger partial charge is 0.0935 e. The molecule has 90 valence electrons. The summed E-state index contributed by atoms with van der Waals surface area (Å²) in [5, 5.41) is 8.96. The molecule has 1 fully saturated rings. The minimum atomic E-state index is 0.698. The Morgan fingerprint density at radius 3 is 2.78 bits per heavy atom. The minimum absolute atomic E-state index is 0.698. The zero-order chi connectivity index (χ0) is 12.1. The molecule has 2 aliphatic carbocycles. The summed E-state index contributed by atoms with van der Waals surface area (Å²) in [6, 6.07) is 10.7. The maximum Gasteiger partial charge on any atom is 0.0935 e. The van der Waals surface area contributed by atoms with Gasteiger partial charge in [0.05, 0.1) is 11.4 Å². The normalized spacial score (nSPS) is 24.3. The maximum absolute atomic E-state index is 4.51. The molecule has 0 amide bonds. The van der Waals surface area contributed by atoms with Crippen molar-refractivity contribution in [2.75, 3.05) is 0 Å². The lowest BCUT2D eigenvalue weighted by atomic mass is 9.94. The van der Waals surface area contributed by atoms with Gasteiger partial charge in [-0.25, -0.2) is 0 Å². The molecule has 1 saturated carbocycles. The van der Waals surface area contributed by atoms with Gasteiger partial charge in [-0.1, -0.05) is 24.3 Å². The summed E-state index contributed by atoms with van der Waals surface area (Å²) in [4.78, 5) is 0. The van der Waals surface area contributed by atoms with Crippen molar-refractivity contribution < 1.29 is 0 Å². The van der Waals surface area contributed by atoms with Crippen LogP contribution in [0.1, 0.15) is 47.9 Å². The van der Waals surface area contributed by atoms with Crippen LogP contribution in [0.3, 0.4) is 0 Å². The lowest BCUT2D eigenvalue weighted by molar-refractivity contribution is 0.681. The molecule has 0 saturated heterocycles. The van der Waals surface area contributed by atoms with Crippen molar-refractivity contribution in [1.82, 2.24) is 10.2 Å². The molecule has 2 aromatic rings. The second-order valence-electron chi connectivity index (χ2n) is 5.59. The van der Waals surface area contributed by atoms with Gasteiger partial charge >= 0.3 is 0 Å². The molecule has 1 aromatic carbocycles. The van der Waals surface area contributed by atoms with Gasteiger partial charge < -0.3 is 0 Å². The molecule has 2 aliphatic rings. The molecule has 0 aliphatic heterocycles. The van der Waals surface area contributed by atoms with E-state index < -0.39 is 0 Å². The molecule has 0 N–H and O–H groups in total. The molecular weight excluding hydrogens is 220 g/mol. The van der Waals surface area contributed by atoms with Crippen molar-refractivity contribution in [3.8, 4) is 11.3 Å². The van der Waals surface area contributed by atoms with Crippen molar-refractivity contribution in [3.63, 3.8) is 0 Å². The van der Waals surface area contributed by atoms with E-state index in [0.29, 0.717) is 5.92 Å². The van der Waals surface area contributed by atoms with Crippen LogP contribution >= 0.6 is 0 Å². The fraction of sp³-hybridized carbons (Fsp3) is 0.375. The van der Waals surface area contributed by atoms with Crippen LogP contribution in [0.5, 0.6) is 0 Å². The van der Waals surface area contributed by atoms with Crippen molar-refractivity contribution in [2.45, 2.75) is 38.0 Å². The first-order chi connectivity index (χ1) is 8.83. The lowest BCUT2D eigenvalue weighted by Gasteiger charge is -2.14. The zero-order valence-electron chi connectivity index (χ0n) is 10.6. The van der Waals surface area contributed by atoms with E-state index in [2.05, 4.69) is 47.5 Å². The van der Waals surface area contributed by atoms with E-state index in [-0.39, 0.29) is 0 Å². The fourth-order valence-electron chi connectivity index (χ4n) is 3.56. The Labute approximate surface area is 107 Å². The number of hydrogen-bond acceptors (Lipinski definition) is 2. The molecule has 0 spiro atoms. The Balaban J connectivity index is 1.85. The number of fused-ring (bicyclic) bond motifs is 5. The highest BCUT2D eigenvalue weighted by atomic mass is 15.1. The molecule has 1 heterocycles. The average Bonchev–Trinajstić information content (AvgIpc) is 3.00. The Hall–Kier alpha value is -1.70. The van der Waals surface area contributed by atoms with Crippen molar-refractivity contribution in [3.05, 3.63) is 47.2 Å². The summed E-state index contributed by atoms with van der Waals surface area (Å²) >= 11 is 0. The molecular formula is C16H16N2. The third kappa shape index (κ3) is 1.35. The van der Waals surface area contributed by atoms with E-state index >= 15 is 0 Å². The number of rotatable bonds is 1.